The highest BCUT2D eigenvalue weighted by molar-refractivity contribution is 6.35. The molecule has 2 unspecified atom stereocenters. The van der Waals surface area contributed by atoms with Crippen LogP contribution < -0.4 is 5.32 Å². The number of carbonyl (C=O) groups excluding carboxylic acids is 3. The van der Waals surface area contributed by atoms with Crippen LogP contribution in [0.3, 0.4) is 0 Å². The number of nitrogens with zero attached hydrogens (tertiary/aromatic N) is 2. The van der Waals surface area contributed by atoms with Crippen molar-refractivity contribution >= 4 is 29.0 Å². The number of nitrogens with one attached hydrogen (secondary N) is 1. The molecule has 1 N–H and O–H groups in total. The Bertz CT molecular complexity index is 886. The van der Waals surface area contributed by atoms with Gasteiger partial charge in [-0.25, -0.2) is 0 Å². The van der Waals surface area contributed by atoms with Gasteiger partial charge in [-0.1, -0.05) is 25.5 Å². The van der Waals surface area contributed by atoms with E-state index in [1.165, 1.54) is 11.8 Å². The van der Waals surface area contributed by atoms with Crippen LogP contribution in [0.15, 0.2) is 30.0 Å². The van der Waals surface area contributed by atoms with Crippen LogP contribution in [-0.4, -0.2) is 72.6 Å². The fraction of sp³-hybridized carbons (Fsp3) is 0.560. The van der Waals surface area contributed by atoms with E-state index in [1.807, 2.05) is 18.7 Å². The molecule has 0 radical (unpaired) electrons. The predicted octanol–water partition coefficient (Wildman–Crippen LogP) is 3.04. The fourth-order valence-corrected chi connectivity index (χ4v) is 4.28. The molecule has 3 amide bonds. The zero-order valence-electron chi connectivity index (χ0n) is 20.1. The van der Waals surface area contributed by atoms with Crippen LogP contribution in [0.2, 0.25) is 0 Å². The monoisotopic (exact) mass is 457 g/mol. The summed E-state index contributed by atoms with van der Waals surface area (Å²) in [6, 6.07) is 7.04. The molecular weight excluding hydrogens is 422 g/mol. The molecule has 1 fully saturated rings. The van der Waals surface area contributed by atoms with Crippen molar-refractivity contribution in [2.45, 2.75) is 59.2 Å². The molecule has 33 heavy (non-hydrogen) atoms. The summed E-state index contributed by atoms with van der Waals surface area (Å²) in [7, 11) is 0. The standard InChI is InChI=1S/C25H35N3O5/c1-5-6-13-32-14-7-12-28-24(30)22(20-8-10-21(11-9-20)26-19(4)29)23(25(28)31)27-15-17(2)33-18(3)16-27/h8-11,17-18H,5-7,12-16H2,1-4H3,(H,26,29). The summed E-state index contributed by atoms with van der Waals surface area (Å²) < 4.78 is 11.4. The molecule has 0 spiro atoms. The smallest absolute Gasteiger partial charge is 0.277 e. The first kappa shape index (κ1) is 24.9. The molecule has 2 aliphatic heterocycles. The van der Waals surface area contributed by atoms with Crippen molar-refractivity contribution in [3.8, 4) is 0 Å². The largest absolute Gasteiger partial charge is 0.381 e. The minimum Gasteiger partial charge on any atom is -0.381 e. The van der Waals surface area contributed by atoms with Gasteiger partial charge in [0.2, 0.25) is 5.91 Å². The summed E-state index contributed by atoms with van der Waals surface area (Å²) in [5, 5.41) is 2.73. The highest BCUT2D eigenvalue weighted by Gasteiger charge is 2.42. The van der Waals surface area contributed by atoms with Crippen LogP contribution in [0, 0.1) is 0 Å². The van der Waals surface area contributed by atoms with Gasteiger partial charge >= 0.3 is 0 Å². The third-order valence-electron chi connectivity index (χ3n) is 5.69. The molecule has 2 heterocycles. The third kappa shape index (κ3) is 6.21. The van der Waals surface area contributed by atoms with Gasteiger partial charge in [0.15, 0.2) is 0 Å². The van der Waals surface area contributed by atoms with Gasteiger partial charge in [-0.05, 0) is 44.4 Å². The fourth-order valence-electron chi connectivity index (χ4n) is 4.28. The summed E-state index contributed by atoms with van der Waals surface area (Å²) in [4.78, 5) is 41.6. The van der Waals surface area contributed by atoms with Crippen molar-refractivity contribution in [2.24, 2.45) is 0 Å². The number of benzene rings is 1. The number of hydrogen-bond donors (Lipinski definition) is 1. The lowest BCUT2D eigenvalue weighted by Gasteiger charge is -2.37. The Morgan fingerprint density at radius 1 is 1.06 bits per heavy atom. The van der Waals surface area contributed by atoms with E-state index in [9.17, 15) is 14.4 Å². The molecule has 1 aromatic rings. The molecule has 2 atom stereocenters. The average molecular weight is 458 g/mol. The molecule has 0 aromatic heterocycles. The topological polar surface area (TPSA) is 88.2 Å². The number of carbonyl (C=O) groups is 3. The maximum atomic E-state index is 13.5. The van der Waals surface area contributed by atoms with Crippen LogP contribution in [0.4, 0.5) is 5.69 Å². The van der Waals surface area contributed by atoms with Crippen LogP contribution >= 0.6 is 0 Å². The highest BCUT2D eigenvalue weighted by atomic mass is 16.5. The molecule has 1 saturated heterocycles. The number of morpholine rings is 1. The minimum absolute atomic E-state index is 0.0476. The number of imide groups is 1. The van der Waals surface area contributed by atoms with Gasteiger partial charge in [-0.15, -0.1) is 0 Å². The van der Waals surface area contributed by atoms with E-state index < -0.39 is 0 Å². The van der Waals surface area contributed by atoms with Crippen molar-refractivity contribution in [3.05, 3.63) is 35.5 Å². The van der Waals surface area contributed by atoms with Gasteiger partial charge in [0.25, 0.3) is 11.8 Å². The lowest BCUT2D eigenvalue weighted by atomic mass is 10.0. The van der Waals surface area contributed by atoms with Crippen molar-refractivity contribution in [1.82, 2.24) is 9.80 Å². The molecule has 2 aliphatic rings. The summed E-state index contributed by atoms with van der Waals surface area (Å²) in [6.07, 6.45) is 2.57. The first-order valence-electron chi connectivity index (χ1n) is 11.8. The first-order chi connectivity index (χ1) is 15.8. The Morgan fingerprint density at radius 2 is 1.70 bits per heavy atom. The highest BCUT2D eigenvalue weighted by Crippen LogP contribution is 2.33. The molecule has 8 nitrogen and oxygen atoms in total. The zero-order valence-corrected chi connectivity index (χ0v) is 20.1. The van der Waals surface area contributed by atoms with E-state index >= 15 is 0 Å². The van der Waals surface area contributed by atoms with Crippen LogP contribution in [-0.2, 0) is 23.9 Å². The lowest BCUT2D eigenvalue weighted by molar-refractivity contribution is -0.138. The second-order valence-electron chi connectivity index (χ2n) is 8.73. The Hall–Kier alpha value is -2.71. The van der Waals surface area contributed by atoms with Gasteiger partial charge in [-0.3, -0.25) is 19.3 Å². The van der Waals surface area contributed by atoms with Crippen molar-refractivity contribution in [3.63, 3.8) is 0 Å². The van der Waals surface area contributed by atoms with Gasteiger partial charge in [0.05, 0.1) is 17.8 Å². The van der Waals surface area contributed by atoms with Gasteiger partial charge in [-0.2, -0.15) is 0 Å². The molecule has 0 aliphatic carbocycles. The molecule has 180 valence electrons. The lowest BCUT2D eigenvalue weighted by Crippen LogP contribution is -2.47. The number of unbranched alkanes of at least 4 members (excludes halogenated alkanes) is 1. The normalized spacial score (nSPS) is 21.2. The van der Waals surface area contributed by atoms with Crippen molar-refractivity contribution in [1.29, 1.82) is 0 Å². The Morgan fingerprint density at radius 3 is 2.30 bits per heavy atom. The number of ether oxygens (including phenoxy) is 2. The average Bonchev–Trinajstić information content (AvgIpc) is 3.00. The zero-order chi connectivity index (χ0) is 24.0. The maximum absolute atomic E-state index is 13.5. The van der Waals surface area contributed by atoms with E-state index in [-0.39, 0.29) is 29.9 Å². The second kappa shape index (κ2) is 11.4. The van der Waals surface area contributed by atoms with Gasteiger partial charge < -0.3 is 19.7 Å². The molecule has 0 saturated carbocycles. The second-order valence-corrected chi connectivity index (χ2v) is 8.73. The van der Waals surface area contributed by atoms with E-state index in [0.717, 1.165) is 12.8 Å². The molecular formula is C25H35N3O5. The van der Waals surface area contributed by atoms with E-state index in [0.29, 0.717) is 61.8 Å². The maximum Gasteiger partial charge on any atom is 0.277 e. The van der Waals surface area contributed by atoms with Crippen LogP contribution in [0.25, 0.3) is 5.57 Å². The predicted molar refractivity (Wildman–Crippen MR) is 126 cm³/mol. The number of amides is 3. The van der Waals surface area contributed by atoms with Gasteiger partial charge in [0, 0.05) is 45.5 Å². The van der Waals surface area contributed by atoms with E-state index in [4.69, 9.17) is 9.47 Å². The van der Waals surface area contributed by atoms with Crippen molar-refractivity contribution in [2.75, 3.05) is 38.2 Å². The summed E-state index contributed by atoms with van der Waals surface area (Å²) in [5.74, 6) is -0.725. The van der Waals surface area contributed by atoms with Crippen LogP contribution in [0.1, 0.15) is 52.5 Å². The Kier molecular flexibility index (Phi) is 8.63. The molecule has 8 heteroatoms. The summed E-state index contributed by atoms with van der Waals surface area (Å²) >= 11 is 0. The van der Waals surface area contributed by atoms with E-state index in [2.05, 4.69) is 12.2 Å². The van der Waals surface area contributed by atoms with Crippen molar-refractivity contribution < 1.29 is 23.9 Å². The summed E-state index contributed by atoms with van der Waals surface area (Å²) in [6.45, 7) is 10.1. The molecule has 1 aromatic carbocycles. The minimum atomic E-state index is -0.289. The number of hydrogen-bond acceptors (Lipinski definition) is 6. The SMILES string of the molecule is CCCCOCCCN1C(=O)C(c2ccc(NC(C)=O)cc2)=C(N2CC(C)OC(C)C2)C1=O. The first-order valence-corrected chi connectivity index (χ1v) is 11.8. The molecule has 3 rings (SSSR count). The van der Waals surface area contributed by atoms with Crippen LogP contribution in [0.5, 0.6) is 0 Å². The third-order valence-corrected chi connectivity index (χ3v) is 5.69. The Balaban J connectivity index is 1.85. The molecule has 0 bridgehead atoms. The van der Waals surface area contributed by atoms with E-state index in [1.54, 1.807) is 24.3 Å². The number of rotatable bonds is 10. The van der Waals surface area contributed by atoms with Gasteiger partial charge in [0.1, 0.15) is 5.70 Å². The Labute approximate surface area is 195 Å². The quantitative estimate of drug-likeness (QED) is 0.429. The summed E-state index contributed by atoms with van der Waals surface area (Å²) in [5.41, 5.74) is 2.13. The number of anilines is 1.